The quantitative estimate of drug-likeness (QED) is 0.815. The molecule has 1 heterocycles. The summed E-state index contributed by atoms with van der Waals surface area (Å²) in [6, 6.07) is 17.4. The summed E-state index contributed by atoms with van der Waals surface area (Å²) >= 11 is 0. The van der Waals surface area contributed by atoms with E-state index in [9.17, 15) is 14.7 Å². The molecule has 0 saturated carbocycles. The van der Waals surface area contributed by atoms with Gasteiger partial charge in [0.05, 0.1) is 12.5 Å². The second-order valence-corrected chi connectivity index (χ2v) is 6.84. The number of carboxylic acids is 1. The average Bonchev–Trinajstić information content (AvgIpc) is 3.14. The molecule has 2 atom stereocenters. The lowest BCUT2D eigenvalue weighted by Crippen LogP contribution is -2.30. The molecule has 1 aliphatic heterocycles. The van der Waals surface area contributed by atoms with Gasteiger partial charge in [-0.15, -0.1) is 0 Å². The molecule has 1 fully saturated rings. The Morgan fingerprint density at radius 3 is 2.41 bits per heavy atom. The third-order valence-electron chi connectivity index (χ3n) is 5.08. The van der Waals surface area contributed by atoms with Crippen LogP contribution >= 0.6 is 0 Å². The van der Waals surface area contributed by atoms with Crippen molar-refractivity contribution in [1.82, 2.24) is 4.90 Å². The highest BCUT2D eigenvalue weighted by molar-refractivity contribution is 5.80. The Morgan fingerprint density at radius 1 is 1.07 bits per heavy atom. The van der Waals surface area contributed by atoms with Crippen molar-refractivity contribution in [2.75, 3.05) is 19.7 Å². The number of aryl methyl sites for hydroxylation is 1. The second kappa shape index (κ2) is 8.71. The van der Waals surface area contributed by atoms with E-state index in [1.54, 1.807) is 4.90 Å². The maximum absolute atomic E-state index is 12.6. The molecule has 1 saturated heterocycles. The molecule has 5 heteroatoms. The van der Waals surface area contributed by atoms with Crippen LogP contribution < -0.4 is 4.74 Å². The molecule has 1 aliphatic rings. The zero-order valence-electron chi connectivity index (χ0n) is 15.5. The lowest BCUT2D eigenvalue weighted by Gasteiger charge is -2.16. The number of ether oxygens (including phenoxy) is 1. The summed E-state index contributed by atoms with van der Waals surface area (Å²) in [6.07, 6.45) is 1.01. The smallest absolute Gasteiger partial charge is 0.308 e. The fourth-order valence-electron chi connectivity index (χ4n) is 3.62. The number of hydrogen-bond acceptors (Lipinski definition) is 3. The zero-order valence-corrected chi connectivity index (χ0v) is 15.5. The van der Waals surface area contributed by atoms with Crippen LogP contribution in [0.1, 0.15) is 30.4 Å². The standard InChI is InChI=1S/C22H25NO4/c1-2-27-18-11-8-16(9-12-18)10-13-21(24)23-14-19(20(15-23)22(25)26)17-6-4-3-5-7-17/h3-9,11-12,19-20H,2,10,13-15H2,1H3,(H,25,26)/t19-,20-/m0/s1. The maximum Gasteiger partial charge on any atom is 0.308 e. The predicted molar refractivity (Wildman–Crippen MR) is 103 cm³/mol. The van der Waals surface area contributed by atoms with Crippen LogP contribution in [0, 0.1) is 5.92 Å². The Hall–Kier alpha value is -2.82. The number of benzene rings is 2. The van der Waals surface area contributed by atoms with Crippen LogP contribution in [0.15, 0.2) is 54.6 Å². The van der Waals surface area contributed by atoms with Crippen LogP contribution in [0.5, 0.6) is 5.75 Å². The largest absolute Gasteiger partial charge is 0.494 e. The number of carboxylic acid groups (broad SMARTS) is 1. The number of aliphatic carboxylic acids is 1. The summed E-state index contributed by atoms with van der Waals surface area (Å²) in [7, 11) is 0. The monoisotopic (exact) mass is 367 g/mol. The van der Waals surface area contributed by atoms with Crippen molar-refractivity contribution in [3.05, 3.63) is 65.7 Å². The van der Waals surface area contributed by atoms with E-state index in [0.29, 0.717) is 26.0 Å². The Balaban J connectivity index is 1.60. The molecule has 0 spiro atoms. The van der Waals surface area contributed by atoms with Gasteiger partial charge in [0.2, 0.25) is 5.91 Å². The first kappa shape index (κ1) is 19.0. The number of rotatable bonds is 7. The number of likely N-dealkylation sites (tertiary alicyclic amines) is 1. The van der Waals surface area contributed by atoms with Crippen molar-refractivity contribution < 1.29 is 19.4 Å². The van der Waals surface area contributed by atoms with Gasteiger partial charge in [-0.3, -0.25) is 9.59 Å². The molecule has 2 aromatic carbocycles. The van der Waals surface area contributed by atoms with E-state index in [4.69, 9.17) is 4.74 Å². The third-order valence-corrected chi connectivity index (χ3v) is 5.08. The average molecular weight is 367 g/mol. The lowest BCUT2D eigenvalue weighted by molar-refractivity contribution is -0.141. The Kier molecular flexibility index (Phi) is 6.12. The summed E-state index contributed by atoms with van der Waals surface area (Å²) in [5.41, 5.74) is 2.05. The molecule has 0 aromatic heterocycles. The molecule has 3 rings (SSSR count). The van der Waals surface area contributed by atoms with E-state index >= 15 is 0 Å². The van der Waals surface area contributed by atoms with Crippen LogP contribution in [0.25, 0.3) is 0 Å². The maximum atomic E-state index is 12.6. The van der Waals surface area contributed by atoms with Crippen LogP contribution in [-0.4, -0.2) is 41.6 Å². The molecule has 0 unspecified atom stereocenters. The number of carbonyl (C=O) groups excluding carboxylic acids is 1. The second-order valence-electron chi connectivity index (χ2n) is 6.84. The van der Waals surface area contributed by atoms with Crippen molar-refractivity contribution >= 4 is 11.9 Å². The summed E-state index contributed by atoms with van der Waals surface area (Å²) in [5, 5.41) is 9.57. The molecule has 142 valence electrons. The van der Waals surface area contributed by atoms with Crippen LogP contribution in [-0.2, 0) is 16.0 Å². The molecule has 0 radical (unpaired) electrons. The molecule has 1 N–H and O–H groups in total. The third kappa shape index (κ3) is 4.67. The Bertz CT molecular complexity index is 773. The van der Waals surface area contributed by atoms with Crippen LogP contribution in [0.4, 0.5) is 0 Å². The van der Waals surface area contributed by atoms with Gasteiger partial charge >= 0.3 is 5.97 Å². The lowest BCUT2D eigenvalue weighted by atomic mass is 9.89. The van der Waals surface area contributed by atoms with Crippen molar-refractivity contribution in [1.29, 1.82) is 0 Å². The Morgan fingerprint density at radius 2 is 1.78 bits per heavy atom. The van der Waals surface area contributed by atoms with E-state index in [2.05, 4.69) is 0 Å². The van der Waals surface area contributed by atoms with Crippen molar-refractivity contribution in [3.8, 4) is 5.75 Å². The molecule has 27 heavy (non-hydrogen) atoms. The van der Waals surface area contributed by atoms with Gasteiger partial charge in [-0.1, -0.05) is 42.5 Å². The van der Waals surface area contributed by atoms with E-state index in [-0.39, 0.29) is 18.4 Å². The molecule has 0 bridgehead atoms. The van der Waals surface area contributed by atoms with E-state index < -0.39 is 11.9 Å². The normalized spacial score (nSPS) is 19.1. The molecular weight excluding hydrogens is 342 g/mol. The van der Waals surface area contributed by atoms with Gasteiger partial charge in [-0.2, -0.15) is 0 Å². The molecule has 0 aliphatic carbocycles. The molecule has 5 nitrogen and oxygen atoms in total. The first-order valence-electron chi connectivity index (χ1n) is 9.35. The van der Waals surface area contributed by atoms with Crippen molar-refractivity contribution in [3.63, 3.8) is 0 Å². The van der Waals surface area contributed by atoms with Gasteiger partial charge in [-0.05, 0) is 36.6 Å². The number of amides is 1. The highest BCUT2D eigenvalue weighted by Crippen LogP contribution is 2.33. The van der Waals surface area contributed by atoms with Gasteiger partial charge in [0.15, 0.2) is 0 Å². The minimum atomic E-state index is -0.842. The van der Waals surface area contributed by atoms with Gasteiger partial charge in [-0.25, -0.2) is 0 Å². The van der Waals surface area contributed by atoms with Crippen molar-refractivity contribution in [2.45, 2.75) is 25.7 Å². The summed E-state index contributed by atoms with van der Waals surface area (Å²) < 4.78 is 5.42. The zero-order chi connectivity index (χ0) is 19.2. The van der Waals surface area contributed by atoms with Crippen LogP contribution in [0.3, 0.4) is 0 Å². The number of nitrogens with zero attached hydrogens (tertiary/aromatic N) is 1. The van der Waals surface area contributed by atoms with E-state index in [0.717, 1.165) is 16.9 Å². The molecule has 1 amide bonds. The first-order valence-corrected chi connectivity index (χ1v) is 9.35. The van der Waals surface area contributed by atoms with Gasteiger partial charge in [0.1, 0.15) is 5.75 Å². The van der Waals surface area contributed by atoms with Gasteiger partial charge in [0, 0.05) is 25.4 Å². The highest BCUT2D eigenvalue weighted by atomic mass is 16.5. The number of hydrogen-bond donors (Lipinski definition) is 1. The van der Waals surface area contributed by atoms with Gasteiger partial charge in [0.25, 0.3) is 0 Å². The summed E-state index contributed by atoms with van der Waals surface area (Å²) in [5.74, 6) is -0.721. The molecular formula is C22H25NO4. The molecule has 2 aromatic rings. The van der Waals surface area contributed by atoms with Gasteiger partial charge < -0.3 is 14.7 Å². The minimum absolute atomic E-state index is 0.00793. The van der Waals surface area contributed by atoms with Crippen LogP contribution in [0.2, 0.25) is 0 Å². The first-order chi connectivity index (χ1) is 13.1. The fraction of sp³-hybridized carbons (Fsp3) is 0.364. The number of carbonyl (C=O) groups is 2. The topological polar surface area (TPSA) is 66.8 Å². The van der Waals surface area contributed by atoms with E-state index in [1.165, 1.54) is 0 Å². The highest BCUT2D eigenvalue weighted by Gasteiger charge is 2.40. The van der Waals surface area contributed by atoms with E-state index in [1.807, 2.05) is 61.5 Å². The van der Waals surface area contributed by atoms with Crippen molar-refractivity contribution in [2.24, 2.45) is 5.92 Å². The predicted octanol–water partition coefficient (Wildman–Crippen LogP) is 3.34. The minimum Gasteiger partial charge on any atom is -0.494 e. The SMILES string of the molecule is CCOc1ccc(CCC(=O)N2C[C@H](C(=O)O)[C@H](c3ccccc3)C2)cc1. The fourth-order valence-corrected chi connectivity index (χ4v) is 3.62. The Labute approximate surface area is 159 Å². The summed E-state index contributed by atoms with van der Waals surface area (Å²) in [4.78, 5) is 26.0. The summed E-state index contributed by atoms with van der Waals surface area (Å²) in [6.45, 7) is 3.30.